The third-order valence-corrected chi connectivity index (χ3v) is 3.63. The Kier molecular flexibility index (Phi) is 3.78. The summed E-state index contributed by atoms with van der Waals surface area (Å²) in [5.74, 6) is 0.192. The Morgan fingerprint density at radius 3 is 2.62 bits per heavy atom. The Morgan fingerprint density at radius 2 is 1.81 bits per heavy atom. The first-order valence-corrected chi connectivity index (χ1v) is 7.17. The smallest absolute Gasteiger partial charge is 0.163 e. The highest BCUT2D eigenvalue weighted by Gasteiger charge is 2.06. The number of Topliss-reactive ketones (excluding diaryl/α,β-unsaturated/α-hetero) is 1. The fourth-order valence-electron chi connectivity index (χ4n) is 2.46. The summed E-state index contributed by atoms with van der Waals surface area (Å²) in [6.07, 6.45) is 1.30. The third kappa shape index (κ3) is 3.16. The summed E-state index contributed by atoms with van der Waals surface area (Å²) in [5.41, 5.74) is 4.00. The van der Waals surface area contributed by atoms with E-state index in [1.807, 2.05) is 49.4 Å². The molecule has 0 aliphatic heterocycles. The number of aryl methyl sites for hydroxylation is 2. The molecule has 0 saturated carbocycles. The number of ketones is 1. The van der Waals surface area contributed by atoms with E-state index in [2.05, 4.69) is 23.2 Å². The number of benzene rings is 2. The Balaban J connectivity index is 1.73. The first kappa shape index (κ1) is 13.5. The highest BCUT2D eigenvalue weighted by Crippen LogP contribution is 2.16. The standard InChI is InChI=1S/C19H17NO/c1-14-7-10-17-13-15(8-11-18(17)20-14)9-12-19(21)16-5-3-2-4-6-16/h2-8,10-11,13H,9,12H2,1H3. The fraction of sp³-hybridized carbons (Fsp3) is 0.158. The molecule has 0 radical (unpaired) electrons. The van der Waals surface area contributed by atoms with Gasteiger partial charge in [-0.25, -0.2) is 0 Å². The maximum absolute atomic E-state index is 12.1. The molecule has 0 aliphatic carbocycles. The molecule has 0 N–H and O–H groups in total. The van der Waals surface area contributed by atoms with Gasteiger partial charge in [-0.2, -0.15) is 0 Å². The van der Waals surface area contributed by atoms with Gasteiger partial charge < -0.3 is 0 Å². The van der Waals surface area contributed by atoms with Crippen LogP contribution in [0.2, 0.25) is 0 Å². The number of carbonyl (C=O) groups excluding carboxylic acids is 1. The number of nitrogens with zero attached hydrogens (tertiary/aromatic N) is 1. The van der Waals surface area contributed by atoms with E-state index < -0.39 is 0 Å². The van der Waals surface area contributed by atoms with Crippen molar-refractivity contribution in [3.8, 4) is 0 Å². The molecule has 104 valence electrons. The van der Waals surface area contributed by atoms with Crippen molar-refractivity contribution in [2.75, 3.05) is 0 Å². The van der Waals surface area contributed by atoms with Crippen LogP contribution in [0.15, 0.2) is 60.7 Å². The topological polar surface area (TPSA) is 30.0 Å². The molecule has 2 aromatic carbocycles. The number of rotatable bonds is 4. The van der Waals surface area contributed by atoms with Gasteiger partial charge >= 0.3 is 0 Å². The molecular weight excluding hydrogens is 258 g/mol. The third-order valence-electron chi connectivity index (χ3n) is 3.63. The van der Waals surface area contributed by atoms with Crippen molar-refractivity contribution in [2.24, 2.45) is 0 Å². The van der Waals surface area contributed by atoms with Gasteiger partial charge in [-0.05, 0) is 37.1 Å². The Labute approximate surface area is 124 Å². The summed E-state index contributed by atoms with van der Waals surface area (Å²) < 4.78 is 0. The van der Waals surface area contributed by atoms with Gasteiger partial charge in [0.25, 0.3) is 0 Å². The molecule has 1 heterocycles. The van der Waals surface area contributed by atoms with E-state index in [9.17, 15) is 4.79 Å². The first-order valence-electron chi connectivity index (χ1n) is 7.17. The zero-order chi connectivity index (χ0) is 14.7. The summed E-state index contributed by atoms with van der Waals surface area (Å²) in [7, 11) is 0. The van der Waals surface area contributed by atoms with Crippen molar-refractivity contribution in [2.45, 2.75) is 19.8 Å². The highest BCUT2D eigenvalue weighted by atomic mass is 16.1. The summed E-state index contributed by atoms with van der Waals surface area (Å²) >= 11 is 0. The van der Waals surface area contributed by atoms with Gasteiger partial charge in [-0.15, -0.1) is 0 Å². The maximum atomic E-state index is 12.1. The molecule has 0 saturated heterocycles. The number of hydrogen-bond acceptors (Lipinski definition) is 2. The average Bonchev–Trinajstić information content (AvgIpc) is 2.53. The Morgan fingerprint density at radius 1 is 1.00 bits per heavy atom. The quantitative estimate of drug-likeness (QED) is 0.662. The zero-order valence-electron chi connectivity index (χ0n) is 12.0. The van der Waals surface area contributed by atoms with Crippen molar-refractivity contribution in [1.29, 1.82) is 0 Å². The van der Waals surface area contributed by atoms with E-state index in [1.165, 1.54) is 5.56 Å². The highest BCUT2D eigenvalue weighted by molar-refractivity contribution is 5.96. The second kappa shape index (κ2) is 5.88. The second-order valence-electron chi connectivity index (χ2n) is 5.27. The van der Waals surface area contributed by atoms with Crippen LogP contribution < -0.4 is 0 Å². The van der Waals surface area contributed by atoms with Gasteiger partial charge in [0.15, 0.2) is 5.78 Å². The number of carbonyl (C=O) groups is 1. The molecule has 3 aromatic rings. The van der Waals surface area contributed by atoms with E-state index in [4.69, 9.17) is 0 Å². The van der Waals surface area contributed by atoms with Gasteiger partial charge in [-0.1, -0.05) is 42.5 Å². The number of fused-ring (bicyclic) bond motifs is 1. The molecule has 0 amide bonds. The number of hydrogen-bond donors (Lipinski definition) is 0. The van der Waals surface area contributed by atoms with E-state index in [0.29, 0.717) is 6.42 Å². The van der Waals surface area contributed by atoms with Gasteiger partial charge in [0, 0.05) is 23.1 Å². The normalized spacial score (nSPS) is 10.7. The molecule has 0 spiro atoms. The summed E-state index contributed by atoms with van der Waals surface area (Å²) in [4.78, 5) is 16.6. The van der Waals surface area contributed by atoms with Crippen LogP contribution >= 0.6 is 0 Å². The minimum absolute atomic E-state index is 0.192. The van der Waals surface area contributed by atoms with E-state index in [-0.39, 0.29) is 5.78 Å². The molecule has 2 nitrogen and oxygen atoms in total. The first-order chi connectivity index (χ1) is 10.2. The maximum Gasteiger partial charge on any atom is 0.163 e. The predicted molar refractivity (Wildman–Crippen MR) is 85.6 cm³/mol. The molecule has 21 heavy (non-hydrogen) atoms. The van der Waals surface area contributed by atoms with Crippen molar-refractivity contribution >= 4 is 16.7 Å². The SMILES string of the molecule is Cc1ccc2cc(CCC(=O)c3ccccc3)ccc2n1. The van der Waals surface area contributed by atoms with Gasteiger partial charge in [-0.3, -0.25) is 9.78 Å². The molecule has 0 unspecified atom stereocenters. The van der Waals surface area contributed by atoms with Crippen LogP contribution in [0.3, 0.4) is 0 Å². The largest absolute Gasteiger partial charge is 0.294 e. The fourth-order valence-corrected chi connectivity index (χ4v) is 2.46. The lowest BCUT2D eigenvalue weighted by Gasteiger charge is -2.04. The van der Waals surface area contributed by atoms with Crippen LogP contribution in [0.25, 0.3) is 10.9 Å². The van der Waals surface area contributed by atoms with Gasteiger partial charge in [0.2, 0.25) is 0 Å². The van der Waals surface area contributed by atoms with Crippen molar-refractivity contribution in [3.63, 3.8) is 0 Å². The van der Waals surface area contributed by atoms with E-state index in [1.54, 1.807) is 0 Å². The van der Waals surface area contributed by atoms with Crippen LogP contribution in [0, 0.1) is 6.92 Å². The predicted octanol–water partition coefficient (Wildman–Crippen LogP) is 4.36. The average molecular weight is 275 g/mol. The monoisotopic (exact) mass is 275 g/mol. The number of pyridine rings is 1. The molecule has 0 fully saturated rings. The minimum Gasteiger partial charge on any atom is -0.294 e. The summed E-state index contributed by atoms with van der Waals surface area (Å²) in [6, 6.07) is 19.8. The molecule has 2 heteroatoms. The van der Waals surface area contributed by atoms with Crippen molar-refractivity contribution in [3.05, 3.63) is 77.5 Å². The van der Waals surface area contributed by atoms with Crippen LogP contribution in [0.1, 0.15) is 28.0 Å². The molecule has 0 atom stereocenters. The van der Waals surface area contributed by atoms with Crippen LogP contribution in [-0.2, 0) is 6.42 Å². The number of aromatic nitrogens is 1. The van der Waals surface area contributed by atoms with Crippen molar-refractivity contribution < 1.29 is 4.79 Å². The van der Waals surface area contributed by atoms with Crippen LogP contribution in [0.4, 0.5) is 0 Å². The second-order valence-corrected chi connectivity index (χ2v) is 5.27. The molecular formula is C19H17NO. The lowest BCUT2D eigenvalue weighted by Crippen LogP contribution is -2.00. The summed E-state index contributed by atoms with van der Waals surface area (Å²) in [5, 5.41) is 1.13. The van der Waals surface area contributed by atoms with Gasteiger partial charge in [0.05, 0.1) is 5.52 Å². The Hall–Kier alpha value is -2.48. The van der Waals surface area contributed by atoms with Crippen molar-refractivity contribution in [1.82, 2.24) is 4.98 Å². The lowest BCUT2D eigenvalue weighted by atomic mass is 10.0. The minimum atomic E-state index is 0.192. The van der Waals surface area contributed by atoms with E-state index in [0.717, 1.165) is 28.6 Å². The van der Waals surface area contributed by atoms with Gasteiger partial charge in [0.1, 0.15) is 0 Å². The van der Waals surface area contributed by atoms with Crippen LogP contribution in [0.5, 0.6) is 0 Å². The van der Waals surface area contributed by atoms with E-state index >= 15 is 0 Å². The zero-order valence-corrected chi connectivity index (χ0v) is 12.0. The molecule has 3 rings (SSSR count). The lowest BCUT2D eigenvalue weighted by molar-refractivity contribution is 0.0983. The molecule has 0 bridgehead atoms. The summed E-state index contributed by atoms with van der Waals surface area (Å²) in [6.45, 7) is 1.99. The molecule has 0 aliphatic rings. The Bertz CT molecular complexity index is 778. The van der Waals surface area contributed by atoms with Crippen LogP contribution in [-0.4, -0.2) is 10.8 Å². The molecule has 1 aromatic heterocycles.